The number of esters is 1. The first kappa shape index (κ1) is 16.0. The van der Waals surface area contributed by atoms with Gasteiger partial charge in [0, 0.05) is 12.3 Å². The summed E-state index contributed by atoms with van der Waals surface area (Å²) in [6, 6.07) is 5.66. The van der Waals surface area contributed by atoms with Crippen molar-refractivity contribution in [3.63, 3.8) is 0 Å². The number of aliphatic imine (C=N–C) groups is 1. The molecule has 1 saturated heterocycles. The maximum absolute atomic E-state index is 11.6. The summed E-state index contributed by atoms with van der Waals surface area (Å²) in [4.78, 5) is 27.3. The Morgan fingerprint density at radius 1 is 1.27 bits per heavy atom. The van der Waals surface area contributed by atoms with Crippen molar-refractivity contribution in [3.05, 3.63) is 23.8 Å². The molecule has 6 nitrogen and oxygen atoms in total. The van der Waals surface area contributed by atoms with E-state index < -0.39 is 11.9 Å². The number of rotatable bonds is 6. The summed E-state index contributed by atoms with van der Waals surface area (Å²) in [5.74, 6) is -0.222. The van der Waals surface area contributed by atoms with E-state index in [1.807, 2.05) is 18.2 Å². The van der Waals surface area contributed by atoms with Gasteiger partial charge in [0.25, 0.3) is 0 Å². The Labute approximate surface area is 129 Å². The highest BCUT2D eigenvalue weighted by Crippen LogP contribution is 2.27. The maximum Gasteiger partial charge on any atom is 0.322 e. The fourth-order valence-corrected chi connectivity index (χ4v) is 2.33. The molecule has 0 aromatic heterocycles. The number of ketones is 1. The van der Waals surface area contributed by atoms with Crippen molar-refractivity contribution in [1.29, 1.82) is 0 Å². The van der Waals surface area contributed by atoms with Gasteiger partial charge in [0.1, 0.15) is 0 Å². The lowest BCUT2D eigenvalue weighted by Crippen LogP contribution is -2.24. The fraction of sp³-hybridized carbons (Fsp3) is 0.438. The van der Waals surface area contributed by atoms with Gasteiger partial charge in [-0.3, -0.25) is 14.6 Å². The lowest BCUT2D eigenvalue weighted by atomic mass is 10.0. The summed E-state index contributed by atoms with van der Waals surface area (Å²) < 4.78 is 15.2. The van der Waals surface area contributed by atoms with Crippen LogP contribution in [-0.2, 0) is 20.7 Å². The van der Waals surface area contributed by atoms with Crippen LogP contribution < -0.4 is 9.47 Å². The third-order valence-corrected chi connectivity index (χ3v) is 3.54. The van der Waals surface area contributed by atoms with E-state index in [1.54, 1.807) is 21.1 Å². The SMILES string of the molecule is COc1ccc(CCN=C(C)C2C(=O)COC2=O)cc1OC. The molecule has 22 heavy (non-hydrogen) atoms. The highest BCUT2D eigenvalue weighted by Gasteiger charge is 2.37. The molecule has 1 heterocycles. The van der Waals surface area contributed by atoms with Crippen LogP contribution in [0.2, 0.25) is 0 Å². The Balaban J connectivity index is 1.99. The van der Waals surface area contributed by atoms with Gasteiger partial charge in [0.15, 0.2) is 29.8 Å². The fourth-order valence-electron chi connectivity index (χ4n) is 2.33. The van der Waals surface area contributed by atoms with Crippen molar-refractivity contribution >= 4 is 17.5 Å². The monoisotopic (exact) mass is 305 g/mol. The van der Waals surface area contributed by atoms with Crippen molar-refractivity contribution in [1.82, 2.24) is 0 Å². The van der Waals surface area contributed by atoms with Crippen molar-refractivity contribution in [2.24, 2.45) is 10.9 Å². The van der Waals surface area contributed by atoms with Crippen molar-refractivity contribution in [2.45, 2.75) is 13.3 Å². The van der Waals surface area contributed by atoms with Crippen LogP contribution in [-0.4, -0.2) is 44.8 Å². The summed E-state index contributed by atoms with van der Waals surface area (Å²) in [6.07, 6.45) is 0.674. The van der Waals surface area contributed by atoms with E-state index in [2.05, 4.69) is 4.99 Å². The number of cyclic esters (lactones) is 1. The smallest absolute Gasteiger partial charge is 0.322 e. The topological polar surface area (TPSA) is 74.2 Å². The van der Waals surface area contributed by atoms with Gasteiger partial charge >= 0.3 is 5.97 Å². The molecule has 1 aliphatic rings. The zero-order chi connectivity index (χ0) is 16.1. The molecule has 1 unspecified atom stereocenters. The van der Waals surface area contributed by atoms with Gasteiger partial charge in [-0.15, -0.1) is 0 Å². The molecular weight excluding hydrogens is 286 g/mol. The molecule has 0 saturated carbocycles. The van der Waals surface area contributed by atoms with Crippen LogP contribution in [0, 0.1) is 5.92 Å². The molecular formula is C16H19NO5. The van der Waals surface area contributed by atoms with E-state index in [1.165, 1.54) is 0 Å². The van der Waals surface area contributed by atoms with Gasteiger partial charge in [-0.1, -0.05) is 6.07 Å². The number of carbonyl (C=O) groups excluding carboxylic acids is 2. The average molecular weight is 305 g/mol. The number of hydrogen-bond acceptors (Lipinski definition) is 6. The molecule has 1 aromatic rings. The lowest BCUT2D eigenvalue weighted by Gasteiger charge is -2.09. The number of benzene rings is 1. The van der Waals surface area contributed by atoms with Crippen molar-refractivity contribution in [3.8, 4) is 11.5 Å². The van der Waals surface area contributed by atoms with E-state index in [4.69, 9.17) is 14.2 Å². The molecule has 0 bridgehead atoms. The summed E-state index contributed by atoms with van der Waals surface area (Å²) in [5, 5.41) is 0. The molecule has 1 aromatic carbocycles. The summed E-state index contributed by atoms with van der Waals surface area (Å²) >= 11 is 0. The van der Waals surface area contributed by atoms with Gasteiger partial charge in [-0.05, 0) is 31.0 Å². The molecule has 0 amide bonds. The molecule has 6 heteroatoms. The first-order chi connectivity index (χ1) is 10.6. The van der Waals surface area contributed by atoms with Gasteiger partial charge in [-0.2, -0.15) is 0 Å². The third kappa shape index (κ3) is 3.44. The largest absolute Gasteiger partial charge is 0.493 e. The minimum atomic E-state index is -0.828. The van der Waals surface area contributed by atoms with Crippen LogP contribution in [0.4, 0.5) is 0 Å². The van der Waals surface area contributed by atoms with Crippen molar-refractivity contribution < 1.29 is 23.8 Å². The van der Waals surface area contributed by atoms with E-state index in [9.17, 15) is 9.59 Å². The number of Topliss-reactive ketones (excluding diaryl/α,β-unsaturated/α-hetero) is 1. The quantitative estimate of drug-likeness (QED) is 0.452. The second kappa shape index (κ2) is 7.06. The van der Waals surface area contributed by atoms with Crippen LogP contribution in [0.15, 0.2) is 23.2 Å². The first-order valence-corrected chi connectivity index (χ1v) is 6.98. The zero-order valence-corrected chi connectivity index (χ0v) is 12.9. The summed E-state index contributed by atoms with van der Waals surface area (Å²) in [5.41, 5.74) is 1.54. The molecule has 118 valence electrons. The highest BCUT2D eigenvalue weighted by molar-refractivity contribution is 6.21. The molecule has 0 radical (unpaired) electrons. The van der Waals surface area contributed by atoms with E-state index in [0.717, 1.165) is 5.56 Å². The Morgan fingerprint density at radius 2 is 2.00 bits per heavy atom. The molecule has 1 aliphatic heterocycles. The van der Waals surface area contributed by atoms with Crippen LogP contribution in [0.3, 0.4) is 0 Å². The number of carbonyl (C=O) groups is 2. The number of nitrogens with zero attached hydrogens (tertiary/aromatic N) is 1. The predicted octanol–water partition coefficient (Wildman–Crippen LogP) is 1.45. The second-order valence-corrected chi connectivity index (χ2v) is 4.97. The molecule has 2 rings (SSSR count). The lowest BCUT2D eigenvalue weighted by molar-refractivity contribution is -0.139. The summed E-state index contributed by atoms with van der Waals surface area (Å²) in [6.45, 7) is 2.02. The normalized spacial score (nSPS) is 18.3. The summed E-state index contributed by atoms with van der Waals surface area (Å²) in [7, 11) is 3.17. The first-order valence-electron chi connectivity index (χ1n) is 6.98. The molecule has 0 spiro atoms. The Bertz CT molecular complexity index is 593. The number of hydrogen-bond donors (Lipinski definition) is 0. The number of ether oxygens (including phenoxy) is 3. The van der Waals surface area contributed by atoms with Gasteiger partial charge in [-0.25, -0.2) is 0 Å². The standard InChI is InChI=1S/C16H19NO5/c1-10(15-12(18)9-22-16(15)19)17-7-6-11-4-5-13(20-2)14(8-11)21-3/h4-5,8,15H,6-7,9H2,1-3H3. The Morgan fingerprint density at radius 3 is 2.59 bits per heavy atom. The van der Waals surface area contributed by atoms with Crippen molar-refractivity contribution in [2.75, 3.05) is 27.4 Å². The Hall–Kier alpha value is -2.37. The zero-order valence-electron chi connectivity index (χ0n) is 12.9. The van der Waals surface area contributed by atoms with E-state index in [-0.39, 0.29) is 12.4 Å². The van der Waals surface area contributed by atoms with Gasteiger partial charge < -0.3 is 14.2 Å². The molecule has 1 atom stereocenters. The maximum atomic E-state index is 11.6. The van der Waals surface area contributed by atoms with Crippen LogP contribution in [0.1, 0.15) is 12.5 Å². The Kier molecular flexibility index (Phi) is 5.14. The van der Waals surface area contributed by atoms with Crippen LogP contribution in [0.25, 0.3) is 0 Å². The average Bonchev–Trinajstić information content (AvgIpc) is 2.86. The van der Waals surface area contributed by atoms with E-state index in [0.29, 0.717) is 30.2 Å². The van der Waals surface area contributed by atoms with Gasteiger partial charge in [0.2, 0.25) is 0 Å². The molecule has 1 fully saturated rings. The van der Waals surface area contributed by atoms with Gasteiger partial charge in [0.05, 0.1) is 14.2 Å². The van der Waals surface area contributed by atoms with Crippen LogP contribution >= 0.6 is 0 Å². The van der Waals surface area contributed by atoms with E-state index >= 15 is 0 Å². The molecule has 0 N–H and O–H groups in total. The molecule has 0 aliphatic carbocycles. The third-order valence-electron chi connectivity index (χ3n) is 3.54. The highest BCUT2D eigenvalue weighted by atomic mass is 16.5. The predicted molar refractivity (Wildman–Crippen MR) is 80.7 cm³/mol. The minimum Gasteiger partial charge on any atom is -0.493 e. The van der Waals surface area contributed by atoms with Crippen LogP contribution in [0.5, 0.6) is 11.5 Å². The number of methoxy groups -OCH3 is 2. The second-order valence-electron chi connectivity index (χ2n) is 4.97. The minimum absolute atomic E-state index is 0.147.